The molecule has 0 aromatic heterocycles. The van der Waals surface area contributed by atoms with E-state index >= 15 is 0 Å². The van der Waals surface area contributed by atoms with Gasteiger partial charge in [0.25, 0.3) is 0 Å². The van der Waals surface area contributed by atoms with E-state index in [0.29, 0.717) is 27.3 Å². The molecule has 19 heavy (non-hydrogen) atoms. The van der Waals surface area contributed by atoms with E-state index in [9.17, 15) is 0 Å². The van der Waals surface area contributed by atoms with E-state index in [1.54, 1.807) is 12.1 Å². The molecule has 7 heteroatoms. The number of halogens is 5. The first kappa shape index (κ1) is 13.5. The van der Waals surface area contributed by atoms with E-state index in [2.05, 4.69) is 0 Å². The average Bonchev–Trinajstić information content (AvgIpc) is 2.39. The molecule has 2 aromatic carbocycles. The molecular weight excluding hydrogens is 353 g/mol. The van der Waals surface area contributed by atoms with Crippen LogP contribution in [0.2, 0.25) is 25.1 Å². The highest BCUT2D eigenvalue weighted by atomic mass is 35.5. The molecule has 0 spiro atoms. The Morgan fingerprint density at radius 3 is 1.84 bits per heavy atom. The van der Waals surface area contributed by atoms with Gasteiger partial charge in [0.15, 0.2) is 23.0 Å². The molecule has 3 rings (SSSR count). The highest BCUT2D eigenvalue weighted by Gasteiger charge is 2.28. The molecule has 0 atom stereocenters. The van der Waals surface area contributed by atoms with Gasteiger partial charge in [-0.05, 0) is 12.1 Å². The number of ether oxygens (including phenoxy) is 2. The number of rotatable bonds is 0. The summed E-state index contributed by atoms with van der Waals surface area (Å²) >= 11 is 30.0. The van der Waals surface area contributed by atoms with E-state index in [4.69, 9.17) is 67.5 Å². The Morgan fingerprint density at radius 2 is 1.21 bits per heavy atom. The normalized spacial score (nSPS) is 12.3. The molecule has 98 valence electrons. The fourth-order valence-electron chi connectivity index (χ4n) is 1.64. The number of hydrogen-bond donors (Lipinski definition) is 0. The molecule has 0 saturated heterocycles. The van der Waals surface area contributed by atoms with Gasteiger partial charge >= 0.3 is 0 Å². The van der Waals surface area contributed by atoms with Gasteiger partial charge in [-0.1, -0.05) is 58.0 Å². The van der Waals surface area contributed by atoms with Crippen LogP contribution in [0.25, 0.3) is 0 Å². The molecule has 0 radical (unpaired) electrons. The summed E-state index contributed by atoms with van der Waals surface area (Å²) in [6.07, 6.45) is 0. The summed E-state index contributed by atoms with van der Waals surface area (Å²) in [5.74, 6) is 1.20. The van der Waals surface area contributed by atoms with E-state index in [1.807, 2.05) is 0 Å². The minimum absolute atomic E-state index is 0.158. The minimum Gasteiger partial charge on any atom is -0.448 e. The number of fused-ring (bicyclic) bond motifs is 2. The van der Waals surface area contributed by atoms with Gasteiger partial charge in [-0.25, -0.2) is 0 Å². The first-order chi connectivity index (χ1) is 8.99. The van der Waals surface area contributed by atoms with Crippen molar-refractivity contribution in [3.05, 3.63) is 43.3 Å². The smallest absolute Gasteiger partial charge is 0.190 e. The molecule has 0 N–H and O–H groups in total. The van der Waals surface area contributed by atoms with Gasteiger partial charge in [-0.15, -0.1) is 0 Å². The van der Waals surface area contributed by atoms with Crippen LogP contribution in [-0.4, -0.2) is 0 Å². The largest absolute Gasteiger partial charge is 0.448 e. The van der Waals surface area contributed by atoms with Crippen molar-refractivity contribution in [1.29, 1.82) is 0 Å². The maximum atomic E-state index is 6.08. The van der Waals surface area contributed by atoms with Crippen LogP contribution in [-0.2, 0) is 0 Å². The van der Waals surface area contributed by atoms with Gasteiger partial charge < -0.3 is 9.47 Å². The Labute approximate surface area is 133 Å². The standard InChI is InChI=1S/C12H3Cl5O2/c13-4-1-2-5(14)11-10(4)18-7-3-6(15)8(16)9(17)12(7)19-11/h1-3H. The third-order valence-electron chi connectivity index (χ3n) is 2.52. The molecule has 2 nitrogen and oxygen atoms in total. The minimum atomic E-state index is 0.158. The van der Waals surface area contributed by atoms with Gasteiger partial charge in [0.05, 0.1) is 20.1 Å². The first-order valence-electron chi connectivity index (χ1n) is 5.00. The Kier molecular flexibility index (Phi) is 3.40. The lowest BCUT2D eigenvalue weighted by Crippen LogP contribution is -2.01. The van der Waals surface area contributed by atoms with Crippen molar-refractivity contribution < 1.29 is 9.47 Å². The SMILES string of the molecule is Clc1cc2c(c(Cl)c1Cl)Oc1c(Cl)ccc(Cl)c1O2. The zero-order valence-corrected chi connectivity index (χ0v) is 12.7. The highest BCUT2D eigenvalue weighted by molar-refractivity contribution is 6.49. The summed E-state index contributed by atoms with van der Waals surface area (Å²) in [6, 6.07) is 4.71. The average molecular weight is 356 g/mol. The second kappa shape index (κ2) is 4.80. The lowest BCUT2D eigenvalue weighted by molar-refractivity contribution is 0.360. The van der Waals surface area contributed by atoms with Crippen LogP contribution in [0.4, 0.5) is 0 Å². The summed E-state index contributed by atoms with van der Waals surface area (Å²) in [6.45, 7) is 0. The van der Waals surface area contributed by atoms with E-state index in [1.165, 1.54) is 6.07 Å². The van der Waals surface area contributed by atoms with Crippen LogP contribution < -0.4 is 9.47 Å². The van der Waals surface area contributed by atoms with E-state index in [-0.39, 0.29) is 20.8 Å². The van der Waals surface area contributed by atoms with Gasteiger partial charge in [-0.2, -0.15) is 0 Å². The van der Waals surface area contributed by atoms with Crippen LogP contribution >= 0.6 is 58.0 Å². The molecule has 0 aliphatic carbocycles. The quantitative estimate of drug-likeness (QED) is 0.410. The Balaban J connectivity index is 2.23. The predicted octanol–water partition coefficient (Wildman–Crippen LogP) is 6.85. The van der Waals surface area contributed by atoms with Crippen molar-refractivity contribution in [3.63, 3.8) is 0 Å². The predicted molar refractivity (Wildman–Crippen MR) is 78.1 cm³/mol. The maximum absolute atomic E-state index is 6.08. The summed E-state index contributed by atoms with van der Waals surface area (Å²) in [5, 5.41) is 1.33. The second-order valence-corrected chi connectivity index (χ2v) is 5.68. The summed E-state index contributed by atoms with van der Waals surface area (Å²) in [5.41, 5.74) is 0. The van der Waals surface area contributed by atoms with E-state index in [0.717, 1.165) is 0 Å². The van der Waals surface area contributed by atoms with Crippen molar-refractivity contribution >= 4 is 58.0 Å². The number of benzene rings is 2. The highest BCUT2D eigenvalue weighted by Crippen LogP contribution is 2.55. The molecule has 0 fully saturated rings. The topological polar surface area (TPSA) is 18.5 Å². The van der Waals surface area contributed by atoms with Gasteiger partial charge in [0.1, 0.15) is 5.02 Å². The van der Waals surface area contributed by atoms with Crippen LogP contribution in [0.3, 0.4) is 0 Å². The maximum Gasteiger partial charge on any atom is 0.190 e. The summed E-state index contributed by atoms with van der Waals surface area (Å²) < 4.78 is 11.3. The van der Waals surface area contributed by atoms with E-state index < -0.39 is 0 Å². The number of hydrogen-bond acceptors (Lipinski definition) is 2. The molecular formula is C12H3Cl5O2. The molecule has 1 aliphatic heterocycles. The Hall–Kier alpha value is -0.510. The van der Waals surface area contributed by atoms with Gasteiger partial charge in [-0.3, -0.25) is 0 Å². The molecule has 0 saturated carbocycles. The molecule has 2 aromatic rings. The molecule has 1 aliphatic rings. The zero-order valence-electron chi connectivity index (χ0n) is 8.94. The van der Waals surface area contributed by atoms with Crippen molar-refractivity contribution in [1.82, 2.24) is 0 Å². The summed E-state index contributed by atoms with van der Waals surface area (Å²) in [7, 11) is 0. The van der Waals surface area contributed by atoms with Crippen molar-refractivity contribution in [2.24, 2.45) is 0 Å². The van der Waals surface area contributed by atoms with Gasteiger partial charge in [0, 0.05) is 6.07 Å². The van der Waals surface area contributed by atoms with Crippen molar-refractivity contribution in [2.75, 3.05) is 0 Å². The Morgan fingerprint density at radius 1 is 0.632 bits per heavy atom. The van der Waals surface area contributed by atoms with Crippen molar-refractivity contribution in [3.8, 4) is 23.0 Å². The molecule has 1 heterocycles. The fraction of sp³-hybridized carbons (Fsp3) is 0. The molecule has 0 unspecified atom stereocenters. The lowest BCUT2D eigenvalue weighted by atomic mass is 10.2. The monoisotopic (exact) mass is 354 g/mol. The van der Waals surface area contributed by atoms with Crippen molar-refractivity contribution in [2.45, 2.75) is 0 Å². The fourth-order valence-corrected chi connectivity index (χ4v) is 2.64. The lowest BCUT2D eigenvalue weighted by Gasteiger charge is -2.23. The van der Waals surface area contributed by atoms with Crippen LogP contribution in [0.15, 0.2) is 18.2 Å². The molecule has 0 amide bonds. The Bertz CT molecular complexity index is 699. The molecule has 0 bridgehead atoms. The van der Waals surface area contributed by atoms with Crippen LogP contribution in [0.1, 0.15) is 0 Å². The first-order valence-corrected chi connectivity index (χ1v) is 6.89. The third-order valence-corrected chi connectivity index (χ3v) is 4.36. The van der Waals surface area contributed by atoms with Crippen LogP contribution in [0.5, 0.6) is 23.0 Å². The van der Waals surface area contributed by atoms with Crippen LogP contribution in [0, 0.1) is 0 Å². The zero-order chi connectivity index (χ0) is 13.7. The summed E-state index contributed by atoms with van der Waals surface area (Å²) in [4.78, 5) is 0. The second-order valence-electron chi connectivity index (χ2n) is 3.71. The van der Waals surface area contributed by atoms with Gasteiger partial charge in [0.2, 0.25) is 0 Å². The third kappa shape index (κ3) is 2.12.